The van der Waals surface area contributed by atoms with Crippen LogP contribution in [0.1, 0.15) is 11.8 Å². The van der Waals surface area contributed by atoms with Gasteiger partial charge >= 0.3 is 0 Å². The number of nitrogens with zero attached hydrogens (tertiary/aromatic N) is 1. The molecule has 2 nitrogen and oxygen atoms in total. The lowest BCUT2D eigenvalue weighted by Gasteiger charge is -2.15. The number of nitrogens with one attached hydrogen (secondary N) is 1. The monoisotopic (exact) mass is 266 g/mol. The van der Waals surface area contributed by atoms with Crippen LogP contribution in [0, 0.1) is 5.82 Å². The van der Waals surface area contributed by atoms with Crippen molar-refractivity contribution in [3.05, 3.63) is 35.0 Å². The normalized spacial score (nSPS) is 11.6. The number of thiophene rings is 1. The minimum absolute atomic E-state index is 0.156. The Kier molecular flexibility index (Phi) is 4.69. The summed E-state index contributed by atoms with van der Waals surface area (Å²) >= 11 is 1.68. The Bertz CT molecular complexity index is 509. The molecule has 1 aromatic heterocycles. The van der Waals surface area contributed by atoms with Gasteiger partial charge in [0.05, 0.1) is 0 Å². The third-order valence-electron chi connectivity index (χ3n) is 2.88. The van der Waals surface area contributed by atoms with Crippen molar-refractivity contribution in [2.45, 2.75) is 13.5 Å². The van der Waals surface area contributed by atoms with Crippen LogP contribution in [0.15, 0.2) is 24.3 Å². The van der Waals surface area contributed by atoms with Gasteiger partial charge in [-0.2, -0.15) is 0 Å². The zero-order valence-corrected chi connectivity index (χ0v) is 11.7. The molecule has 2 aromatic rings. The van der Waals surface area contributed by atoms with E-state index in [9.17, 15) is 4.39 Å². The molecule has 0 atom stereocenters. The maximum Gasteiger partial charge on any atom is 0.124 e. The first kappa shape index (κ1) is 13.5. The molecule has 0 fully saturated rings. The minimum atomic E-state index is -0.156. The minimum Gasteiger partial charge on any atom is -0.316 e. The van der Waals surface area contributed by atoms with Crippen molar-refractivity contribution in [1.82, 2.24) is 10.2 Å². The maximum absolute atomic E-state index is 13.1. The van der Waals surface area contributed by atoms with Crippen molar-refractivity contribution in [2.24, 2.45) is 0 Å². The van der Waals surface area contributed by atoms with Crippen LogP contribution in [0.2, 0.25) is 0 Å². The predicted octanol–water partition coefficient (Wildman–Crippen LogP) is 3.08. The topological polar surface area (TPSA) is 15.3 Å². The van der Waals surface area contributed by atoms with Crippen LogP contribution < -0.4 is 5.32 Å². The Balaban J connectivity index is 1.98. The fourth-order valence-corrected chi connectivity index (χ4v) is 3.10. The van der Waals surface area contributed by atoms with E-state index >= 15 is 0 Å². The summed E-state index contributed by atoms with van der Waals surface area (Å²) in [4.78, 5) is 3.57. The predicted molar refractivity (Wildman–Crippen MR) is 76.7 cm³/mol. The van der Waals surface area contributed by atoms with Gasteiger partial charge in [0, 0.05) is 29.2 Å². The maximum atomic E-state index is 13.1. The highest BCUT2D eigenvalue weighted by atomic mass is 32.1. The fraction of sp³-hybridized carbons (Fsp3) is 0.429. The highest BCUT2D eigenvalue weighted by Crippen LogP contribution is 2.26. The van der Waals surface area contributed by atoms with E-state index in [1.54, 1.807) is 17.4 Å². The largest absolute Gasteiger partial charge is 0.316 e. The Morgan fingerprint density at radius 2 is 2.17 bits per heavy atom. The van der Waals surface area contributed by atoms with Crippen molar-refractivity contribution in [1.29, 1.82) is 0 Å². The standard InChI is InChI=1S/C14H19FN2S/c1-3-16-6-7-17(2)10-13-8-11-4-5-12(15)9-14(11)18-13/h4-5,8-9,16H,3,6-7,10H2,1-2H3. The zero-order valence-electron chi connectivity index (χ0n) is 10.9. The summed E-state index contributed by atoms with van der Waals surface area (Å²) in [6.45, 7) is 6.08. The number of fused-ring (bicyclic) bond motifs is 1. The molecule has 0 bridgehead atoms. The van der Waals surface area contributed by atoms with Crippen molar-refractivity contribution in [3.63, 3.8) is 0 Å². The molecule has 0 radical (unpaired) electrons. The van der Waals surface area contributed by atoms with E-state index in [0.29, 0.717) is 0 Å². The molecule has 4 heteroatoms. The molecule has 0 saturated heterocycles. The third-order valence-corrected chi connectivity index (χ3v) is 3.96. The Morgan fingerprint density at radius 3 is 2.94 bits per heavy atom. The number of hydrogen-bond donors (Lipinski definition) is 1. The number of hydrogen-bond acceptors (Lipinski definition) is 3. The molecule has 98 valence electrons. The first-order valence-electron chi connectivity index (χ1n) is 6.26. The molecule has 0 aliphatic carbocycles. The molecule has 0 aliphatic heterocycles. The molecular weight excluding hydrogens is 247 g/mol. The molecule has 0 spiro atoms. The van der Waals surface area contributed by atoms with E-state index in [4.69, 9.17) is 0 Å². The number of rotatable bonds is 6. The summed E-state index contributed by atoms with van der Waals surface area (Å²) in [5.41, 5.74) is 0. The summed E-state index contributed by atoms with van der Waals surface area (Å²) < 4.78 is 14.1. The molecule has 18 heavy (non-hydrogen) atoms. The lowest BCUT2D eigenvalue weighted by atomic mass is 10.2. The van der Waals surface area contributed by atoms with Gasteiger partial charge in [0.1, 0.15) is 5.82 Å². The molecule has 1 aromatic carbocycles. The van der Waals surface area contributed by atoms with Crippen LogP contribution in [0.4, 0.5) is 4.39 Å². The summed E-state index contributed by atoms with van der Waals surface area (Å²) in [5.74, 6) is -0.156. The molecule has 1 N–H and O–H groups in total. The Morgan fingerprint density at radius 1 is 1.33 bits per heavy atom. The SMILES string of the molecule is CCNCCN(C)Cc1cc2ccc(F)cc2s1. The zero-order chi connectivity index (χ0) is 13.0. The van der Waals surface area contributed by atoms with Crippen molar-refractivity contribution in [3.8, 4) is 0 Å². The summed E-state index contributed by atoms with van der Waals surface area (Å²) in [6.07, 6.45) is 0. The Hall–Kier alpha value is -0.970. The Labute approximate surface area is 111 Å². The van der Waals surface area contributed by atoms with Crippen LogP contribution in [0.25, 0.3) is 10.1 Å². The molecular formula is C14H19FN2S. The second-order valence-corrected chi connectivity index (χ2v) is 5.65. The van der Waals surface area contributed by atoms with Crippen LogP contribution in [-0.4, -0.2) is 31.6 Å². The lowest BCUT2D eigenvalue weighted by molar-refractivity contribution is 0.328. The van der Waals surface area contributed by atoms with Crippen LogP contribution >= 0.6 is 11.3 Å². The van der Waals surface area contributed by atoms with Crippen molar-refractivity contribution >= 4 is 21.4 Å². The van der Waals surface area contributed by atoms with Gasteiger partial charge in [-0.25, -0.2) is 4.39 Å². The summed E-state index contributed by atoms with van der Waals surface area (Å²) in [7, 11) is 2.11. The van der Waals surface area contributed by atoms with Gasteiger partial charge in [0.2, 0.25) is 0 Å². The van der Waals surface area contributed by atoms with Crippen molar-refractivity contribution in [2.75, 3.05) is 26.7 Å². The van der Waals surface area contributed by atoms with Gasteiger partial charge in [-0.3, -0.25) is 0 Å². The number of benzene rings is 1. The third kappa shape index (κ3) is 3.51. The second kappa shape index (κ2) is 6.27. The molecule has 0 aliphatic rings. The van der Waals surface area contributed by atoms with Gasteiger partial charge < -0.3 is 10.2 Å². The quantitative estimate of drug-likeness (QED) is 0.808. The molecule has 0 amide bonds. The average Bonchev–Trinajstić information content (AvgIpc) is 2.70. The number of halogens is 1. The molecule has 0 unspecified atom stereocenters. The van der Waals surface area contributed by atoms with Crippen LogP contribution in [0.3, 0.4) is 0 Å². The van der Waals surface area contributed by atoms with E-state index in [0.717, 1.165) is 36.3 Å². The molecule has 0 saturated carbocycles. The van der Waals surface area contributed by atoms with Gasteiger partial charge in [0.15, 0.2) is 0 Å². The average molecular weight is 266 g/mol. The van der Waals surface area contributed by atoms with E-state index in [-0.39, 0.29) is 5.82 Å². The van der Waals surface area contributed by atoms with Crippen LogP contribution in [0.5, 0.6) is 0 Å². The summed E-state index contributed by atoms with van der Waals surface area (Å²) in [6, 6.07) is 7.14. The van der Waals surface area contributed by atoms with Gasteiger partial charge in [-0.1, -0.05) is 13.0 Å². The molecule has 1 heterocycles. The highest BCUT2D eigenvalue weighted by molar-refractivity contribution is 7.19. The van der Waals surface area contributed by atoms with Gasteiger partial charge in [0.25, 0.3) is 0 Å². The van der Waals surface area contributed by atoms with E-state index in [1.807, 2.05) is 6.07 Å². The van der Waals surface area contributed by atoms with E-state index < -0.39 is 0 Å². The smallest absolute Gasteiger partial charge is 0.124 e. The first-order chi connectivity index (χ1) is 8.69. The van der Waals surface area contributed by atoms with Crippen LogP contribution in [-0.2, 0) is 6.54 Å². The van der Waals surface area contributed by atoms with Gasteiger partial charge in [-0.15, -0.1) is 11.3 Å². The number of likely N-dealkylation sites (N-methyl/N-ethyl adjacent to an activating group) is 2. The molecule has 2 rings (SSSR count). The van der Waals surface area contributed by atoms with Gasteiger partial charge in [-0.05, 0) is 37.2 Å². The second-order valence-electron chi connectivity index (χ2n) is 4.49. The van der Waals surface area contributed by atoms with E-state index in [2.05, 4.69) is 30.3 Å². The summed E-state index contributed by atoms with van der Waals surface area (Å²) in [5, 5.41) is 4.45. The fourth-order valence-electron chi connectivity index (χ4n) is 1.93. The first-order valence-corrected chi connectivity index (χ1v) is 7.08. The van der Waals surface area contributed by atoms with E-state index in [1.165, 1.54) is 10.9 Å². The van der Waals surface area contributed by atoms with Crippen molar-refractivity contribution < 1.29 is 4.39 Å². The lowest BCUT2D eigenvalue weighted by Crippen LogP contribution is -2.28. The highest BCUT2D eigenvalue weighted by Gasteiger charge is 2.05.